The molecule has 0 spiro atoms. The first kappa shape index (κ1) is 18.3. The van der Waals surface area contributed by atoms with E-state index in [1.807, 2.05) is 24.3 Å². The molecule has 2 N–H and O–H groups in total. The van der Waals surface area contributed by atoms with Crippen molar-refractivity contribution in [1.82, 2.24) is 20.5 Å². The van der Waals surface area contributed by atoms with E-state index in [1.165, 1.54) is 24.6 Å². The third-order valence-corrected chi connectivity index (χ3v) is 4.36. The van der Waals surface area contributed by atoms with Gasteiger partial charge in [-0.3, -0.25) is 9.89 Å². The van der Waals surface area contributed by atoms with Crippen LogP contribution in [-0.4, -0.2) is 40.5 Å². The number of H-pyrrole nitrogens is 1. The highest BCUT2D eigenvalue weighted by Crippen LogP contribution is 2.21. The molecule has 1 aromatic heterocycles. The number of thioether (sulfide) groups is 1. The fourth-order valence-corrected chi connectivity index (χ4v) is 2.78. The normalized spacial score (nSPS) is 10.6. The minimum Gasteiger partial charge on any atom is -0.497 e. The molecule has 0 aliphatic heterocycles. The number of amides is 1. The standard InChI is InChI=1S/C17H24N4O2S/c1-3-4-5-6-11-18-15(22)12-24-17-19-16(20-21-17)13-7-9-14(23-2)10-8-13/h7-10H,3-6,11-12H2,1-2H3,(H,18,22)(H,19,20,21). The topological polar surface area (TPSA) is 79.9 Å². The molecule has 0 bridgehead atoms. The second kappa shape index (κ2) is 9.97. The lowest BCUT2D eigenvalue weighted by atomic mass is 10.2. The van der Waals surface area contributed by atoms with E-state index >= 15 is 0 Å². The van der Waals surface area contributed by atoms with Gasteiger partial charge in [0, 0.05) is 12.1 Å². The summed E-state index contributed by atoms with van der Waals surface area (Å²) in [5.41, 5.74) is 0.926. The lowest BCUT2D eigenvalue weighted by Gasteiger charge is -2.03. The van der Waals surface area contributed by atoms with E-state index in [9.17, 15) is 4.79 Å². The molecule has 2 aromatic rings. The van der Waals surface area contributed by atoms with Gasteiger partial charge < -0.3 is 10.1 Å². The molecule has 0 radical (unpaired) electrons. The number of aromatic amines is 1. The molecule has 2 rings (SSSR count). The molecule has 0 atom stereocenters. The number of carbonyl (C=O) groups is 1. The number of ether oxygens (including phenoxy) is 1. The minimum atomic E-state index is 0.0206. The van der Waals surface area contributed by atoms with Gasteiger partial charge in [-0.05, 0) is 30.7 Å². The van der Waals surface area contributed by atoms with Crippen LogP contribution in [0, 0.1) is 0 Å². The first-order valence-corrected chi connectivity index (χ1v) is 9.17. The van der Waals surface area contributed by atoms with Gasteiger partial charge in [0.1, 0.15) is 5.75 Å². The van der Waals surface area contributed by atoms with Crippen LogP contribution in [0.15, 0.2) is 29.4 Å². The van der Waals surface area contributed by atoms with Crippen molar-refractivity contribution in [2.75, 3.05) is 19.4 Å². The zero-order valence-corrected chi connectivity index (χ0v) is 15.0. The van der Waals surface area contributed by atoms with E-state index in [0.29, 0.717) is 16.7 Å². The van der Waals surface area contributed by atoms with Crippen LogP contribution in [0.2, 0.25) is 0 Å². The molecule has 1 heterocycles. The Balaban J connectivity index is 1.75. The molecule has 0 saturated carbocycles. The molecular formula is C17H24N4O2S. The number of unbranched alkanes of at least 4 members (excludes halogenated alkanes) is 3. The Morgan fingerprint density at radius 2 is 2.04 bits per heavy atom. The average molecular weight is 348 g/mol. The van der Waals surface area contributed by atoms with Gasteiger partial charge in [0.15, 0.2) is 5.82 Å². The van der Waals surface area contributed by atoms with E-state index in [0.717, 1.165) is 30.7 Å². The zero-order valence-electron chi connectivity index (χ0n) is 14.2. The number of aromatic nitrogens is 3. The molecule has 0 fully saturated rings. The monoisotopic (exact) mass is 348 g/mol. The maximum atomic E-state index is 11.8. The maximum absolute atomic E-state index is 11.8. The van der Waals surface area contributed by atoms with Gasteiger partial charge in [0.05, 0.1) is 12.9 Å². The molecular weight excluding hydrogens is 324 g/mol. The van der Waals surface area contributed by atoms with Crippen molar-refractivity contribution >= 4 is 17.7 Å². The fourth-order valence-electron chi connectivity index (χ4n) is 2.15. The maximum Gasteiger partial charge on any atom is 0.230 e. The number of nitrogens with one attached hydrogen (secondary N) is 2. The van der Waals surface area contributed by atoms with Crippen LogP contribution in [0.4, 0.5) is 0 Å². The van der Waals surface area contributed by atoms with Crippen LogP contribution in [-0.2, 0) is 4.79 Å². The largest absolute Gasteiger partial charge is 0.497 e. The second-order valence-corrected chi connectivity index (χ2v) is 6.34. The molecule has 6 nitrogen and oxygen atoms in total. The molecule has 0 saturated heterocycles. The number of carbonyl (C=O) groups excluding carboxylic acids is 1. The molecule has 0 unspecified atom stereocenters. The highest BCUT2D eigenvalue weighted by molar-refractivity contribution is 7.99. The molecule has 130 valence electrons. The predicted molar refractivity (Wildman–Crippen MR) is 96.2 cm³/mol. The van der Waals surface area contributed by atoms with Gasteiger partial charge in [-0.15, -0.1) is 5.10 Å². The number of benzene rings is 1. The Kier molecular flexibility index (Phi) is 7.61. The summed E-state index contributed by atoms with van der Waals surface area (Å²) in [6.45, 7) is 2.91. The number of hydrogen-bond donors (Lipinski definition) is 2. The number of rotatable bonds is 10. The Labute approximate surface area is 146 Å². The summed E-state index contributed by atoms with van der Waals surface area (Å²) in [7, 11) is 1.63. The summed E-state index contributed by atoms with van der Waals surface area (Å²) < 4.78 is 5.13. The lowest BCUT2D eigenvalue weighted by molar-refractivity contribution is -0.118. The number of nitrogens with zero attached hydrogens (tertiary/aromatic N) is 2. The third kappa shape index (κ3) is 5.88. The van der Waals surface area contributed by atoms with E-state index in [1.54, 1.807) is 7.11 Å². The van der Waals surface area contributed by atoms with Crippen molar-refractivity contribution in [3.05, 3.63) is 24.3 Å². The summed E-state index contributed by atoms with van der Waals surface area (Å²) in [5.74, 6) is 1.82. The van der Waals surface area contributed by atoms with E-state index < -0.39 is 0 Å². The van der Waals surface area contributed by atoms with Gasteiger partial charge in [0.25, 0.3) is 0 Å². The van der Waals surface area contributed by atoms with Crippen molar-refractivity contribution in [3.63, 3.8) is 0 Å². The fraction of sp³-hybridized carbons (Fsp3) is 0.471. The molecule has 1 amide bonds. The van der Waals surface area contributed by atoms with Crippen molar-refractivity contribution in [2.24, 2.45) is 0 Å². The Morgan fingerprint density at radius 3 is 2.75 bits per heavy atom. The summed E-state index contributed by atoms with van der Waals surface area (Å²) in [5, 5.41) is 10.5. The summed E-state index contributed by atoms with van der Waals surface area (Å²) in [6, 6.07) is 7.57. The molecule has 1 aromatic carbocycles. The van der Waals surface area contributed by atoms with E-state index in [4.69, 9.17) is 4.74 Å². The Bertz CT molecular complexity index is 628. The van der Waals surface area contributed by atoms with Crippen LogP contribution in [0.3, 0.4) is 0 Å². The van der Waals surface area contributed by atoms with Gasteiger partial charge in [-0.2, -0.15) is 0 Å². The van der Waals surface area contributed by atoms with Crippen molar-refractivity contribution in [3.8, 4) is 17.1 Å². The quantitative estimate of drug-likeness (QED) is 0.509. The van der Waals surface area contributed by atoms with Crippen LogP contribution in [0.5, 0.6) is 5.75 Å². The molecule has 0 aliphatic rings. The van der Waals surface area contributed by atoms with E-state index in [2.05, 4.69) is 27.4 Å². The zero-order chi connectivity index (χ0) is 17.2. The van der Waals surface area contributed by atoms with Crippen LogP contribution >= 0.6 is 11.8 Å². The Morgan fingerprint density at radius 1 is 1.25 bits per heavy atom. The van der Waals surface area contributed by atoms with Crippen LogP contribution < -0.4 is 10.1 Å². The first-order chi connectivity index (χ1) is 11.7. The lowest BCUT2D eigenvalue weighted by Crippen LogP contribution is -2.26. The molecule has 7 heteroatoms. The van der Waals surface area contributed by atoms with Crippen LogP contribution in [0.25, 0.3) is 11.4 Å². The van der Waals surface area contributed by atoms with Gasteiger partial charge in [0.2, 0.25) is 11.1 Å². The Hall–Kier alpha value is -2.02. The van der Waals surface area contributed by atoms with Gasteiger partial charge >= 0.3 is 0 Å². The highest BCUT2D eigenvalue weighted by Gasteiger charge is 2.09. The van der Waals surface area contributed by atoms with Crippen molar-refractivity contribution < 1.29 is 9.53 Å². The predicted octanol–water partition coefficient (Wildman–Crippen LogP) is 3.27. The summed E-state index contributed by atoms with van der Waals surface area (Å²) in [4.78, 5) is 16.2. The molecule has 24 heavy (non-hydrogen) atoms. The second-order valence-electron chi connectivity index (χ2n) is 5.39. The first-order valence-electron chi connectivity index (χ1n) is 8.19. The third-order valence-electron chi connectivity index (χ3n) is 3.51. The van der Waals surface area contributed by atoms with E-state index in [-0.39, 0.29) is 5.91 Å². The van der Waals surface area contributed by atoms with Crippen LogP contribution in [0.1, 0.15) is 32.6 Å². The SMILES string of the molecule is CCCCCCNC(=O)CSc1n[nH]c(-c2ccc(OC)cc2)n1. The van der Waals surface area contributed by atoms with Crippen molar-refractivity contribution in [2.45, 2.75) is 37.8 Å². The highest BCUT2D eigenvalue weighted by atomic mass is 32.2. The number of methoxy groups -OCH3 is 1. The number of hydrogen-bond acceptors (Lipinski definition) is 5. The van der Waals surface area contributed by atoms with Gasteiger partial charge in [-0.1, -0.05) is 37.9 Å². The summed E-state index contributed by atoms with van der Waals surface area (Å²) >= 11 is 1.33. The van der Waals surface area contributed by atoms with Crippen molar-refractivity contribution in [1.29, 1.82) is 0 Å². The molecule has 0 aliphatic carbocycles. The summed E-state index contributed by atoms with van der Waals surface area (Å²) in [6.07, 6.45) is 4.61. The smallest absolute Gasteiger partial charge is 0.230 e. The minimum absolute atomic E-state index is 0.0206. The van der Waals surface area contributed by atoms with Gasteiger partial charge in [-0.25, -0.2) is 4.98 Å². The average Bonchev–Trinajstić information content (AvgIpc) is 3.09.